The Hall–Kier alpha value is -2.88. The van der Waals surface area contributed by atoms with Gasteiger partial charge in [-0.05, 0) is 55.9 Å². The van der Waals surface area contributed by atoms with Crippen LogP contribution in [-0.2, 0) is 6.42 Å². The highest BCUT2D eigenvalue weighted by molar-refractivity contribution is 5.78. The number of imidazole rings is 1. The van der Waals surface area contributed by atoms with Crippen LogP contribution in [0.5, 0.6) is 5.75 Å². The summed E-state index contributed by atoms with van der Waals surface area (Å²) in [5.74, 6) is 3.24. The van der Waals surface area contributed by atoms with Gasteiger partial charge in [0.15, 0.2) is 0 Å². The number of fused-ring (bicyclic) bond motifs is 2. The third-order valence-electron chi connectivity index (χ3n) is 6.11. The van der Waals surface area contributed by atoms with Crippen molar-refractivity contribution < 1.29 is 4.74 Å². The maximum Gasteiger partial charge on any atom is 0.121 e. The number of hydrogen-bond acceptors (Lipinski definition) is 3. The third kappa shape index (κ3) is 3.35. The van der Waals surface area contributed by atoms with Gasteiger partial charge in [0.2, 0.25) is 0 Å². The lowest BCUT2D eigenvalue weighted by Crippen LogP contribution is -2.16. The zero-order valence-electron chi connectivity index (χ0n) is 16.2. The molecule has 1 N–H and O–H groups in total. The lowest BCUT2D eigenvalue weighted by molar-refractivity contribution is 0.318. The zero-order chi connectivity index (χ0) is 18.9. The number of pyridine rings is 1. The van der Waals surface area contributed by atoms with Crippen molar-refractivity contribution in [1.82, 2.24) is 15.0 Å². The molecule has 5 rings (SSSR count). The molecule has 2 aromatic carbocycles. The molecule has 4 nitrogen and oxygen atoms in total. The number of ether oxygens (including phenoxy) is 1. The number of benzene rings is 2. The van der Waals surface area contributed by atoms with Crippen molar-refractivity contribution in [2.24, 2.45) is 5.92 Å². The summed E-state index contributed by atoms with van der Waals surface area (Å²) >= 11 is 0. The molecule has 2 heterocycles. The van der Waals surface area contributed by atoms with Gasteiger partial charge in [-0.2, -0.15) is 0 Å². The number of para-hydroxylation sites is 1. The Morgan fingerprint density at radius 1 is 0.929 bits per heavy atom. The van der Waals surface area contributed by atoms with Gasteiger partial charge in [-0.15, -0.1) is 0 Å². The van der Waals surface area contributed by atoms with E-state index < -0.39 is 0 Å². The molecular weight excluding hydrogens is 346 g/mol. The van der Waals surface area contributed by atoms with Crippen LogP contribution in [0.15, 0.2) is 54.6 Å². The Balaban J connectivity index is 1.25. The van der Waals surface area contributed by atoms with Gasteiger partial charge in [-0.3, -0.25) is 4.98 Å². The summed E-state index contributed by atoms with van der Waals surface area (Å²) in [6.45, 7) is 0. The molecule has 4 aromatic rings. The van der Waals surface area contributed by atoms with Crippen LogP contribution in [0.4, 0.5) is 0 Å². The molecule has 0 bridgehead atoms. The van der Waals surface area contributed by atoms with E-state index in [1.54, 1.807) is 7.11 Å². The minimum atomic E-state index is 0.584. The van der Waals surface area contributed by atoms with Crippen molar-refractivity contribution in [3.05, 3.63) is 66.1 Å². The summed E-state index contributed by atoms with van der Waals surface area (Å²) in [5.41, 5.74) is 4.45. The van der Waals surface area contributed by atoms with E-state index in [9.17, 15) is 0 Å². The van der Waals surface area contributed by atoms with E-state index in [1.807, 2.05) is 18.2 Å². The maximum atomic E-state index is 5.31. The fraction of sp³-hybridized carbons (Fsp3) is 0.333. The molecule has 1 aliphatic carbocycles. The zero-order valence-corrected chi connectivity index (χ0v) is 16.2. The van der Waals surface area contributed by atoms with Gasteiger partial charge < -0.3 is 9.72 Å². The molecule has 4 heteroatoms. The van der Waals surface area contributed by atoms with Crippen LogP contribution in [-0.4, -0.2) is 22.1 Å². The molecule has 0 spiro atoms. The highest BCUT2D eigenvalue weighted by Gasteiger charge is 2.24. The Labute approximate surface area is 165 Å². The van der Waals surface area contributed by atoms with Crippen molar-refractivity contribution in [2.75, 3.05) is 7.11 Å². The number of methoxy groups -OCH3 is 1. The maximum absolute atomic E-state index is 5.31. The minimum absolute atomic E-state index is 0.584. The van der Waals surface area contributed by atoms with Crippen LogP contribution < -0.4 is 4.74 Å². The van der Waals surface area contributed by atoms with Gasteiger partial charge in [-0.1, -0.05) is 24.3 Å². The molecule has 0 atom stereocenters. The van der Waals surface area contributed by atoms with Gasteiger partial charge >= 0.3 is 0 Å². The second-order valence-electron chi connectivity index (χ2n) is 7.92. The largest absolute Gasteiger partial charge is 0.497 e. The molecule has 0 saturated heterocycles. The first-order valence-electron chi connectivity index (χ1n) is 10.2. The Morgan fingerprint density at radius 3 is 2.64 bits per heavy atom. The monoisotopic (exact) mass is 371 g/mol. The van der Waals surface area contributed by atoms with Crippen molar-refractivity contribution >= 4 is 21.9 Å². The summed E-state index contributed by atoms with van der Waals surface area (Å²) in [6, 6.07) is 18.8. The van der Waals surface area contributed by atoms with E-state index >= 15 is 0 Å². The first-order chi connectivity index (χ1) is 13.8. The van der Waals surface area contributed by atoms with Gasteiger partial charge in [0, 0.05) is 29.5 Å². The average Bonchev–Trinajstić information content (AvgIpc) is 3.15. The van der Waals surface area contributed by atoms with Crippen molar-refractivity contribution in [3.63, 3.8) is 0 Å². The standard InChI is InChI=1S/C24H25N3O/c1-28-19-11-13-22-23(15-19)27-24(26-22)14-16-6-8-18(9-7-16)21-12-10-17-4-2-3-5-20(17)25-21/h2-5,10-13,15-16,18H,6-9,14H2,1H3,(H,26,27). The number of hydrogen-bond donors (Lipinski definition) is 1. The highest BCUT2D eigenvalue weighted by atomic mass is 16.5. The van der Waals surface area contributed by atoms with E-state index in [1.165, 1.54) is 36.8 Å². The van der Waals surface area contributed by atoms with E-state index in [4.69, 9.17) is 14.7 Å². The normalized spacial score (nSPS) is 19.9. The number of nitrogens with one attached hydrogen (secondary N) is 1. The molecule has 1 saturated carbocycles. The lowest BCUT2D eigenvalue weighted by Gasteiger charge is -2.27. The number of aromatic amines is 1. The molecule has 1 fully saturated rings. The Bertz CT molecular complexity index is 1110. The minimum Gasteiger partial charge on any atom is -0.497 e. The SMILES string of the molecule is COc1ccc2nc(CC3CCC(c4ccc5ccccc5n4)CC3)[nH]c2c1. The predicted molar refractivity (Wildman–Crippen MR) is 113 cm³/mol. The van der Waals surface area contributed by atoms with Gasteiger partial charge in [0.25, 0.3) is 0 Å². The molecule has 2 aromatic heterocycles. The Kier molecular flexibility index (Phi) is 4.47. The van der Waals surface area contributed by atoms with Crippen LogP contribution in [0.25, 0.3) is 21.9 Å². The van der Waals surface area contributed by atoms with Crippen molar-refractivity contribution in [2.45, 2.75) is 38.0 Å². The summed E-state index contributed by atoms with van der Waals surface area (Å²) < 4.78 is 5.31. The van der Waals surface area contributed by atoms with Crippen molar-refractivity contribution in [3.8, 4) is 5.75 Å². The quantitative estimate of drug-likeness (QED) is 0.505. The van der Waals surface area contributed by atoms with Crippen LogP contribution in [0.3, 0.4) is 0 Å². The smallest absolute Gasteiger partial charge is 0.121 e. The summed E-state index contributed by atoms with van der Waals surface area (Å²) in [5, 5.41) is 1.22. The topological polar surface area (TPSA) is 50.8 Å². The molecule has 0 radical (unpaired) electrons. The molecule has 0 unspecified atom stereocenters. The molecule has 0 aliphatic heterocycles. The number of H-pyrrole nitrogens is 1. The van der Waals surface area contributed by atoms with E-state index in [0.717, 1.165) is 34.5 Å². The second-order valence-corrected chi connectivity index (χ2v) is 7.92. The number of aromatic nitrogens is 3. The van der Waals surface area contributed by atoms with Crippen LogP contribution >= 0.6 is 0 Å². The van der Waals surface area contributed by atoms with E-state index in [-0.39, 0.29) is 0 Å². The number of rotatable bonds is 4. The number of nitrogens with zero attached hydrogens (tertiary/aromatic N) is 2. The first-order valence-corrected chi connectivity index (χ1v) is 10.2. The third-order valence-corrected chi connectivity index (χ3v) is 6.11. The van der Waals surface area contributed by atoms with Crippen molar-refractivity contribution in [1.29, 1.82) is 0 Å². The average molecular weight is 371 g/mol. The van der Waals surface area contributed by atoms with Gasteiger partial charge in [0.05, 0.1) is 23.7 Å². The van der Waals surface area contributed by atoms with Crippen LogP contribution in [0.1, 0.15) is 43.1 Å². The fourth-order valence-corrected chi connectivity index (χ4v) is 4.51. The Morgan fingerprint density at radius 2 is 1.79 bits per heavy atom. The summed E-state index contributed by atoms with van der Waals surface area (Å²) in [6.07, 6.45) is 5.92. The predicted octanol–water partition coefficient (Wildman–Crippen LogP) is 5.64. The molecule has 142 valence electrons. The fourth-order valence-electron chi connectivity index (χ4n) is 4.51. The molecular formula is C24H25N3O. The molecule has 0 amide bonds. The van der Waals surface area contributed by atoms with E-state index in [0.29, 0.717) is 11.8 Å². The van der Waals surface area contributed by atoms with E-state index in [2.05, 4.69) is 41.4 Å². The van der Waals surface area contributed by atoms with Gasteiger partial charge in [0.1, 0.15) is 11.6 Å². The second kappa shape index (κ2) is 7.27. The highest BCUT2D eigenvalue weighted by Crippen LogP contribution is 2.36. The van der Waals surface area contributed by atoms with Gasteiger partial charge in [-0.25, -0.2) is 4.98 Å². The summed E-state index contributed by atoms with van der Waals surface area (Å²) in [4.78, 5) is 13.2. The first kappa shape index (κ1) is 17.2. The van der Waals surface area contributed by atoms with Crippen LogP contribution in [0, 0.1) is 5.92 Å². The molecule has 28 heavy (non-hydrogen) atoms. The lowest BCUT2D eigenvalue weighted by atomic mass is 9.79. The van der Waals surface area contributed by atoms with Crippen LogP contribution in [0.2, 0.25) is 0 Å². The molecule has 1 aliphatic rings. The summed E-state index contributed by atoms with van der Waals surface area (Å²) in [7, 11) is 1.70.